The first-order valence-electron chi connectivity index (χ1n) is 7.09. The minimum absolute atomic E-state index is 0. The lowest BCUT2D eigenvalue weighted by molar-refractivity contribution is -0.127. The van der Waals surface area contributed by atoms with Crippen molar-refractivity contribution in [2.45, 2.75) is 31.4 Å². The molecule has 124 valence electrons. The van der Waals surface area contributed by atoms with E-state index in [1.165, 1.54) is 24.3 Å². The van der Waals surface area contributed by atoms with E-state index >= 15 is 0 Å². The molecule has 2 atom stereocenters. The van der Waals surface area contributed by atoms with Gasteiger partial charge in [0.2, 0.25) is 5.91 Å². The summed E-state index contributed by atoms with van der Waals surface area (Å²) in [6, 6.07) is 5.56. The van der Waals surface area contributed by atoms with Gasteiger partial charge in [-0.2, -0.15) is 0 Å². The van der Waals surface area contributed by atoms with Crippen molar-refractivity contribution in [1.29, 1.82) is 0 Å². The predicted octanol–water partition coefficient (Wildman–Crippen LogP) is 1.25. The number of hydrogen-bond donors (Lipinski definition) is 3. The lowest BCUT2D eigenvalue weighted by atomic mass is 9.99. The van der Waals surface area contributed by atoms with Crippen molar-refractivity contribution in [2.75, 3.05) is 19.7 Å². The molecule has 0 aliphatic carbocycles. The summed E-state index contributed by atoms with van der Waals surface area (Å²) in [7, 11) is 0. The Bertz CT molecular complexity index is 478. The minimum Gasteiger partial charge on any atom is -0.491 e. The molecular formula is C15H22ClFN2O3. The highest BCUT2D eigenvalue weighted by molar-refractivity contribution is 5.86. The summed E-state index contributed by atoms with van der Waals surface area (Å²) in [4.78, 5) is 12.0. The number of nitrogens with one attached hydrogen (secondary N) is 2. The molecule has 1 saturated heterocycles. The average Bonchev–Trinajstić information content (AvgIpc) is 2.92. The van der Waals surface area contributed by atoms with Gasteiger partial charge in [-0.25, -0.2) is 4.39 Å². The topological polar surface area (TPSA) is 70.6 Å². The SMILES string of the molecule is CC1(C(=O)NCC(O)COc2ccc(F)cc2)CCCN1.Cl. The number of amides is 1. The maximum Gasteiger partial charge on any atom is 0.240 e. The first-order chi connectivity index (χ1) is 9.99. The molecule has 0 saturated carbocycles. The van der Waals surface area contributed by atoms with Crippen LogP contribution in [0, 0.1) is 5.82 Å². The van der Waals surface area contributed by atoms with Crippen LogP contribution in [0.5, 0.6) is 5.75 Å². The molecular weight excluding hydrogens is 311 g/mol. The van der Waals surface area contributed by atoms with Gasteiger partial charge in [-0.1, -0.05) is 0 Å². The third-order valence-corrected chi connectivity index (χ3v) is 3.62. The second-order valence-corrected chi connectivity index (χ2v) is 5.49. The van der Waals surface area contributed by atoms with Crippen LogP contribution in [0.2, 0.25) is 0 Å². The van der Waals surface area contributed by atoms with Crippen molar-refractivity contribution < 1.29 is 19.0 Å². The number of aliphatic hydroxyl groups excluding tert-OH is 1. The number of ether oxygens (including phenoxy) is 1. The quantitative estimate of drug-likeness (QED) is 0.733. The molecule has 1 aromatic rings. The Kier molecular flexibility index (Phi) is 7.06. The molecule has 0 bridgehead atoms. The van der Waals surface area contributed by atoms with E-state index in [9.17, 15) is 14.3 Å². The van der Waals surface area contributed by atoms with Crippen LogP contribution in [-0.2, 0) is 4.79 Å². The van der Waals surface area contributed by atoms with Gasteiger partial charge >= 0.3 is 0 Å². The Morgan fingerprint density at radius 2 is 2.18 bits per heavy atom. The van der Waals surface area contributed by atoms with Crippen molar-refractivity contribution in [3.63, 3.8) is 0 Å². The van der Waals surface area contributed by atoms with Crippen LogP contribution in [0.1, 0.15) is 19.8 Å². The van der Waals surface area contributed by atoms with E-state index < -0.39 is 11.6 Å². The maximum absolute atomic E-state index is 12.7. The average molecular weight is 333 g/mol. The summed E-state index contributed by atoms with van der Waals surface area (Å²) in [6.07, 6.45) is 0.949. The summed E-state index contributed by atoms with van der Waals surface area (Å²) in [5.41, 5.74) is -0.544. The Balaban J connectivity index is 0.00000242. The van der Waals surface area contributed by atoms with Crippen LogP contribution >= 0.6 is 12.4 Å². The molecule has 2 unspecified atom stereocenters. The molecule has 1 heterocycles. The molecule has 0 spiro atoms. The highest BCUT2D eigenvalue weighted by Gasteiger charge is 2.35. The van der Waals surface area contributed by atoms with E-state index in [0.29, 0.717) is 5.75 Å². The molecule has 1 amide bonds. The fourth-order valence-corrected chi connectivity index (χ4v) is 2.28. The normalized spacial score (nSPS) is 21.8. The zero-order valence-electron chi connectivity index (χ0n) is 12.5. The highest BCUT2D eigenvalue weighted by atomic mass is 35.5. The van der Waals surface area contributed by atoms with Crippen LogP contribution in [0.3, 0.4) is 0 Å². The largest absolute Gasteiger partial charge is 0.491 e. The lowest BCUT2D eigenvalue weighted by Crippen LogP contribution is -2.52. The van der Waals surface area contributed by atoms with Crippen molar-refractivity contribution in [2.24, 2.45) is 0 Å². The summed E-state index contributed by atoms with van der Waals surface area (Å²) in [5.74, 6) is 0.0273. The fourth-order valence-electron chi connectivity index (χ4n) is 2.28. The molecule has 1 fully saturated rings. The molecule has 22 heavy (non-hydrogen) atoms. The van der Waals surface area contributed by atoms with Crippen LogP contribution < -0.4 is 15.4 Å². The van der Waals surface area contributed by atoms with Crippen LogP contribution in [0.15, 0.2) is 24.3 Å². The Labute approximate surface area is 135 Å². The third-order valence-electron chi connectivity index (χ3n) is 3.62. The summed E-state index contributed by atoms with van der Waals surface area (Å²) in [5, 5.41) is 15.7. The molecule has 7 heteroatoms. The van der Waals surface area contributed by atoms with Crippen molar-refractivity contribution in [1.82, 2.24) is 10.6 Å². The third kappa shape index (κ3) is 5.12. The number of carbonyl (C=O) groups excluding carboxylic acids is 1. The number of hydrogen-bond acceptors (Lipinski definition) is 4. The molecule has 1 aliphatic heterocycles. The van der Waals surface area contributed by atoms with Crippen LogP contribution in [0.25, 0.3) is 0 Å². The molecule has 1 aliphatic rings. The van der Waals surface area contributed by atoms with Gasteiger partial charge in [-0.05, 0) is 50.6 Å². The van der Waals surface area contributed by atoms with Gasteiger partial charge in [0.1, 0.15) is 24.3 Å². The van der Waals surface area contributed by atoms with Gasteiger partial charge in [0, 0.05) is 6.54 Å². The monoisotopic (exact) mass is 332 g/mol. The van der Waals surface area contributed by atoms with Gasteiger partial charge < -0.3 is 20.5 Å². The number of halogens is 2. The van der Waals surface area contributed by atoms with Crippen LogP contribution in [-0.4, -0.2) is 42.4 Å². The zero-order chi connectivity index (χ0) is 15.3. The Hall–Kier alpha value is -1.37. The van der Waals surface area contributed by atoms with Crippen molar-refractivity contribution in [3.05, 3.63) is 30.1 Å². The summed E-state index contributed by atoms with van der Waals surface area (Å²) in [6.45, 7) is 2.85. The van der Waals surface area contributed by atoms with E-state index in [1.807, 2.05) is 6.92 Å². The molecule has 2 rings (SSSR count). The molecule has 0 aromatic heterocycles. The molecule has 5 nitrogen and oxygen atoms in total. The van der Waals surface area contributed by atoms with E-state index in [2.05, 4.69) is 10.6 Å². The highest BCUT2D eigenvalue weighted by Crippen LogP contribution is 2.18. The number of carbonyl (C=O) groups is 1. The van der Waals surface area contributed by atoms with Crippen molar-refractivity contribution >= 4 is 18.3 Å². The van der Waals surface area contributed by atoms with Gasteiger partial charge in [-0.15, -0.1) is 12.4 Å². The number of aliphatic hydroxyl groups is 1. The lowest BCUT2D eigenvalue weighted by Gasteiger charge is -2.24. The smallest absolute Gasteiger partial charge is 0.240 e. The Morgan fingerprint density at radius 1 is 1.50 bits per heavy atom. The Morgan fingerprint density at radius 3 is 2.77 bits per heavy atom. The maximum atomic E-state index is 12.7. The van der Waals surface area contributed by atoms with Crippen LogP contribution in [0.4, 0.5) is 4.39 Å². The predicted molar refractivity (Wildman–Crippen MR) is 83.8 cm³/mol. The van der Waals surface area contributed by atoms with E-state index in [0.717, 1.165) is 19.4 Å². The minimum atomic E-state index is -0.816. The molecule has 1 aromatic carbocycles. The van der Waals surface area contributed by atoms with E-state index in [4.69, 9.17) is 4.74 Å². The second kappa shape index (κ2) is 8.31. The number of rotatable bonds is 6. The molecule has 3 N–H and O–H groups in total. The van der Waals surface area contributed by atoms with Gasteiger partial charge in [0.05, 0.1) is 5.54 Å². The fraction of sp³-hybridized carbons (Fsp3) is 0.533. The second-order valence-electron chi connectivity index (χ2n) is 5.49. The first-order valence-corrected chi connectivity index (χ1v) is 7.09. The van der Waals surface area contributed by atoms with Gasteiger partial charge in [0.15, 0.2) is 0 Å². The standard InChI is InChI=1S/C15H21FN2O3.ClH/c1-15(7-2-8-18-15)14(20)17-9-12(19)10-21-13-5-3-11(16)4-6-13;/h3-6,12,18-19H,2,7-10H2,1H3,(H,17,20);1H. The van der Waals surface area contributed by atoms with Crippen molar-refractivity contribution in [3.8, 4) is 5.75 Å². The molecule has 0 radical (unpaired) electrons. The van der Waals surface area contributed by atoms with E-state index in [-0.39, 0.29) is 37.3 Å². The summed E-state index contributed by atoms with van der Waals surface area (Å²) >= 11 is 0. The van der Waals surface area contributed by atoms with Gasteiger partial charge in [0.25, 0.3) is 0 Å². The zero-order valence-corrected chi connectivity index (χ0v) is 13.3. The van der Waals surface area contributed by atoms with E-state index in [1.54, 1.807) is 0 Å². The van der Waals surface area contributed by atoms with Gasteiger partial charge in [-0.3, -0.25) is 4.79 Å². The first kappa shape index (κ1) is 18.7. The summed E-state index contributed by atoms with van der Waals surface area (Å²) < 4.78 is 18.0. The number of benzene rings is 1.